The third-order valence-corrected chi connectivity index (χ3v) is 1.01. The van der Waals surface area contributed by atoms with E-state index in [0.717, 1.165) is 19.6 Å². The average molecular weight is 104 g/mol. The fourth-order valence-corrected chi connectivity index (χ4v) is 0.628. The molecule has 0 aliphatic carbocycles. The first kappa shape index (κ1) is 4.43. The summed E-state index contributed by atoms with van der Waals surface area (Å²) in [5.41, 5.74) is 0. The first-order valence-corrected chi connectivity index (χ1v) is 2.34. The lowest BCUT2D eigenvalue weighted by atomic mass is 10.5. The molecule has 1 radical (unpaired) electrons. The normalized spacial score (nSPS) is 25.5. The zero-order chi connectivity index (χ0) is 4.41. The van der Waals surface area contributed by atoms with Crippen LogP contribution >= 0.6 is 12.8 Å². The van der Waals surface area contributed by atoms with Crippen molar-refractivity contribution in [2.75, 3.05) is 13.2 Å². The van der Waals surface area contributed by atoms with Gasteiger partial charge in [0.25, 0.3) is 0 Å². The summed E-state index contributed by atoms with van der Waals surface area (Å²) < 4.78 is 1.44. The second-order valence-corrected chi connectivity index (χ2v) is 1.65. The van der Waals surface area contributed by atoms with Gasteiger partial charge in [-0.1, -0.05) is 0 Å². The van der Waals surface area contributed by atoms with E-state index in [4.69, 9.17) is 4.84 Å². The molecule has 0 atom stereocenters. The van der Waals surface area contributed by atoms with Gasteiger partial charge in [0.2, 0.25) is 0 Å². The molecule has 1 aliphatic rings. The van der Waals surface area contributed by atoms with Crippen molar-refractivity contribution in [3.63, 3.8) is 0 Å². The Morgan fingerprint density at radius 3 is 2.67 bits per heavy atom. The van der Waals surface area contributed by atoms with Gasteiger partial charge >= 0.3 is 0 Å². The number of nitrogens with zero attached hydrogens (tertiary/aromatic N) is 1. The topological polar surface area (TPSA) is 12.5 Å². The average Bonchev–Trinajstić information content (AvgIpc) is 1.86. The van der Waals surface area contributed by atoms with Gasteiger partial charge in [-0.05, 0) is 6.42 Å². The smallest absolute Gasteiger partial charge is 0.0710 e. The van der Waals surface area contributed by atoms with Gasteiger partial charge in [0.05, 0.1) is 6.61 Å². The van der Waals surface area contributed by atoms with Crippen LogP contribution in [0.15, 0.2) is 0 Å². The van der Waals surface area contributed by atoms with Gasteiger partial charge in [-0.3, -0.25) is 4.84 Å². The molecule has 0 N–H and O–H groups in total. The van der Waals surface area contributed by atoms with E-state index < -0.39 is 0 Å². The summed E-state index contributed by atoms with van der Waals surface area (Å²) >= 11 is 4.61. The minimum atomic E-state index is 0.809. The van der Waals surface area contributed by atoms with E-state index in [1.807, 2.05) is 0 Å². The van der Waals surface area contributed by atoms with Gasteiger partial charge in [-0.2, -0.15) is 0 Å². The number of rotatable bonds is 0. The molecule has 2 nitrogen and oxygen atoms in total. The highest BCUT2D eigenvalue weighted by atomic mass is 32.1. The molecule has 6 heavy (non-hydrogen) atoms. The quantitative estimate of drug-likeness (QED) is 0.449. The highest BCUT2D eigenvalue weighted by Gasteiger charge is 2.06. The van der Waals surface area contributed by atoms with Crippen molar-refractivity contribution < 1.29 is 4.84 Å². The number of hydrogen-bond donors (Lipinski definition) is 0. The molecule has 0 amide bonds. The molecule has 1 fully saturated rings. The zero-order valence-electron chi connectivity index (χ0n) is 3.39. The highest BCUT2D eigenvalue weighted by Crippen LogP contribution is 2.04. The molecule has 1 heterocycles. The summed E-state index contributed by atoms with van der Waals surface area (Å²) in [6.07, 6.45) is 1.09. The molecule has 1 saturated heterocycles. The Morgan fingerprint density at radius 2 is 2.50 bits per heavy atom. The third kappa shape index (κ3) is 0.864. The Kier molecular flexibility index (Phi) is 1.34. The molecule has 3 heteroatoms. The van der Waals surface area contributed by atoms with E-state index >= 15 is 0 Å². The summed E-state index contributed by atoms with van der Waals surface area (Å²) in [6.45, 7) is 1.72. The summed E-state index contributed by atoms with van der Waals surface area (Å²) in [5, 5.41) is 0. The van der Waals surface area contributed by atoms with Gasteiger partial charge < -0.3 is 0 Å². The Hall–Kier alpha value is 0.270. The van der Waals surface area contributed by atoms with Crippen LogP contribution in [0.4, 0.5) is 0 Å². The molecule has 0 unspecified atom stereocenters. The molecule has 0 aromatic heterocycles. The second kappa shape index (κ2) is 1.82. The first-order valence-electron chi connectivity index (χ1n) is 1.97. The van der Waals surface area contributed by atoms with Crippen molar-refractivity contribution in [2.45, 2.75) is 6.42 Å². The van der Waals surface area contributed by atoms with Gasteiger partial charge in [0.1, 0.15) is 0 Å². The molecule has 35 valence electrons. The van der Waals surface area contributed by atoms with Crippen molar-refractivity contribution >= 4 is 12.8 Å². The largest absolute Gasteiger partial charge is 0.288 e. The number of hydrogen-bond acceptors (Lipinski definition) is 2. The van der Waals surface area contributed by atoms with E-state index in [2.05, 4.69) is 12.8 Å². The maximum atomic E-state index is 4.80. The third-order valence-electron chi connectivity index (χ3n) is 0.720. The summed E-state index contributed by atoms with van der Waals surface area (Å²) in [4.78, 5) is 4.80. The van der Waals surface area contributed by atoms with Crippen molar-refractivity contribution in [1.29, 1.82) is 0 Å². The van der Waals surface area contributed by atoms with E-state index in [-0.39, 0.29) is 0 Å². The molecular weight excluding hydrogens is 98.1 g/mol. The lowest BCUT2D eigenvalue weighted by Gasteiger charge is -1.97. The Bertz CT molecular complexity index is 44.1. The van der Waals surface area contributed by atoms with Crippen LogP contribution in [-0.2, 0) is 4.84 Å². The van der Waals surface area contributed by atoms with Crippen LogP contribution in [0.25, 0.3) is 0 Å². The predicted octanol–water partition coefficient (Wildman–Crippen LogP) is 0.736. The van der Waals surface area contributed by atoms with Crippen LogP contribution in [-0.4, -0.2) is 17.6 Å². The van der Waals surface area contributed by atoms with Crippen molar-refractivity contribution in [2.24, 2.45) is 0 Å². The molecule has 0 aromatic carbocycles. The van der Waals surface area contributed by atoms with E-state index in [0.29, 0.717) is 0 Å². The van der Waals surface area contributed by atoms with Crippen LogP contribution in [0, 0.1) is 0 Å². The maximum absolute atomic E-state index is 4.80. The van der Waals surface area contributed by atoms with E-state index in [9.17, 15) is 0 Å². The molecule has 0 aromatic rings. The maximum Gasteiger partial charge on any atom is 0.0710 e. The Balaban J connectivity index is 2.18. The van der Waals surface area contributed by atoms with Crippen molar-refractivity contribution in [3.8, 4) is 0 Å². The van der Waals surface area contributed by atoms with Crippen LogP contribution in [0.3, 0.4) is 0 Å². The predicted molar refractivity (Wildman–Crippen MR) is 24.9 cm³/mol. The second-order valence-electron chi connectivity index (χ2n) is 1.24. The molecule has 0 bridgehead atoms. The van der Waals surface area contributed by atoms with E-state index in [1.54, 1.807) is 0 Å². The van der Waals surface area contributed by atoms with Crippen molar-refractivity contribution in [1.82, 2.24) is 4.47 Å². The number of hydroxylamine groups is 1. The molecular formula is C3H6NOS. The lowest BCUT2D eigenvalue weighted by Crippen LogP contribution is -2.00. The highest BCUT2D eigenvalue weighted by molar-refractivity contribution is 7.77. The Labute approximate surface area is 42.6 Å². The summed E-state index contributed by atoms with van der Waals surface area (Å²) in [5.74, 6) is 0. The van der Waals surface area contributed by atoms with Crippen LogP contribution in [0.1, 0.15) is 6.42 Å². The summed E-state index contributed by atoms with van der Waals surface area (Å²) in [6, 6.07) is 0. The van der Waals surface area contributed by atoms with E-state index in [1.165, 1.54) is 4.47 Å². The zero-order valence-corrected chi connectivity index (χ0v) is 4.20. The van der Waals surface area contributed by atoms with Gasteiger partial charge in [0.15, 0.2) is 0 Å². The van der Waals surface area contributed by atoms with Crippen LogP contribution in [0.2, 0.25) is 0 Å². The first-order chi connectivity index (χ1) is 2.89. The fraction of sp³-hybridized carbons (Fsp3) is 1.00. The van der Waals surface area contributed by atoms with Crippen molar-refractivity contribution in [3.05, 3.63) is 0 Å². The van der Waals surface area contributed by atoms with Crippen LogP contribution in [0.5, 0.6) is 0 Å². The van der Waals surface area contributed by atoms with Gasteiger partial charge in [0, 0.05) is 19.4 Å². The molecule has 0 spiro atoms. The fourth-order valence-electron chi connectivity index (χ4n) is 0.425. The standard InChI is InChI=1S/C3H6NOS/c6-4-2-1-3-5-4/h1-3H2. The Morgan fingerprint density at radius 1 is 1.67 bits per heavy atom. The minimum absolute atomic E-state index is 0.809. The monoisotopic (exact) mass is 104 g/mol. The van der Waals surface area contributed by atoms with Gasteiger partial charge in [-0.25, -0.2) is 0 Å². The summed E-state index contributed by atoms with van der Waals surface area (Å²) in [7, 11) is 0. The molecule has 0 saturated carbocycles. The SMILES string of the molecule is [S]N1CCCO1. The van der Waals surface area contributed by atoms with Gasteiger partial charge in [-0.15, -0.1) is 4.47 Å². The minimum Gasteiger partial charge on any atom is -0.288 e. The lowest BCUT2D eigenvalue weighted by molar-refractivity contribution is -0.0151. The van der Waals surface area contributed by atoms with Crippen LogP contribution < -0.4 is 0 Å². The molecule has 1 rings (SSSR count). The molecule has 1 aliphatic heterocycles.